The van der Waals surface area contributed by atoms with Crippen molar-refractivity contribution in [2.45, 2.75) is 11.8 Å². The molecule has 2 aromatic rings. The number of hydrogen-bond acceptors (Lipinski definition) is 4. The molecule has 128 valence electrons. The highest BCUT2D eigenvalue weighted by Gasteiger charge is 2.25. The molecule has 0 fully saturated rings. The van der Waals surface area contributed by atoms with Gasteiger partial charge in [-0.2, -0.15) is 0 Å². The lowest BCUT2D eigenvalue weighted by Crippen LogP contribution is -2.31. The van der Waals surface area contributed by atoms with Crippen molar-refractivity contribution in [1.29, 1.82) is 0 Å². The number of benzene rings is 2. The molecule has 0 saturated heterocycles. The summed E-state index contributed by atoms with van der Waals surface area (Å²) in [6.07, 6.45) is 0. The van der Waals surface area contributed by atoms with Crippen LogP contribution in [0.3, 0.4) is 0 Å². The fourth-order valence-electron chi connectivity index (χ4n) is 2.16. The van der Waals surface area contributed by atoms with Crippen LogP contribution in [0.25, 0.3) is 0 Å². The lowest BCUT2D eigenvalue weighted by Gasteiger charge is -2.23. The van der Waals surface area contributed by atoms with Gasteiger partial charge in [-0.25, -0.2) is 13.2 Å². The number of ether oxygens (including phenoxy) is 1. The molecule has 0 atom stereocenters. The number of halogens is 2. The summed E-state index contributed by atoms with van der Waals surface area (Å²) in [5.41, 5.74) is 0.415. The van der Waals surface area contributed by atoms with Crippen LogP contribution in [0.2, 0.25) is 10.0 Å². The van der Waals surface area contributed by atoms with Gasteiger partial charge >= 0.3 is 5.97 Å². The van der Waals surface area contributed by atoms with Crippen LogP contribution in [0.4, 0.5) is 5.69 Å². The number of carbonyl (C=O) groups is 1. The van der Waals surface area contributed by atoms with E-state index in [9.17, 15) is 13.2 Å². The predicted octanol–water partition coefficient (Wildman–Crippen LogP) is 4.00. The maximum atomic E-state index is 12.8. The summed E-state index contributed by atoms with van der Waals surface area (Å²) >= 11 is 11.8. The molecule has 0 unspecified atom stereocenters. The number of anilines is 1. The number of esters is 1. The van der Waals surface area contributed by atoms with Crippen molar-refractivity contribution in [1.82, 2.24) is 0 Å². The normalized spacial score (nSPS) is 11.2. The molecule has 0 aliphatic rings. The Hall–Kier alpha value is -1.76. The van der Waals surface area contributed by atoms with Crippen LogP contribution in [0.1, 0.15) is 17.3 Å². The van der Waals surface area contributed by atoms with Gasteiger partial charge in [0, 0.05) is 11.6 Å². The van der Waals surface area contributed by atoms with Crippen LogP contribution >= 0.6 is 23.2 Å². The maximum Gasteiger partial charge on any atom is 0.339 e. The Balaban J connectivity index is 2.52. The number of rotatable bonds is 5. The lowest BCUT2D eigenvalue weighted by molar-refractivity contribution is 0.0601. The van der Waals surface area contributed by atoms with Gasteiger partial charge in [0.1, 0.15) is 0 Å². The van der Waals surface area contributed by atoms with Gasteiger partial charge in [0.25, 0.3) is 10.0 Å². The molecule has 0 aromatic heterocycles. The van der Waals surface area contributed by atoms with Gasteiger partial charge in [-0.05, 0) is 49.4 Å². The fourth-order valence-corrected chi connectivity index (χ4v) is 3.95. The Morgan fingerprint density at radius 2 is 1.75 bits per heavy atom. The fraction of sp³-hybridized carbons (Fsp3) is 0.188. The van der Waals surface area contributed by atoms with Crippen LogP contribution in [-0.2, 0) is 14.8 Å². The van der Waals surface area contributed by atoms with E-state index in [-0.39, 0.29) is 22.0 Å². The van der Waals surface area contributed by atoms with Gasteiger partial charge in [-0.15, -0.1) is 0 Å². The first-order valence-corrected chi connectivity index (χ1v) is 9.17. The molecule has 0 aliphatic heterocycles. The van der Waals surface area contributed by atoms with E-state index in [1.54, 1.807) is 6.92 Å². The summed E-state index contributed by atoms with van der Waals surface area (Å²) in [6.45, 7) is 1.87. The summed E-state index contributed by atoms with van der Waals surface area (Å²) in [7, 11) is -2.57. The summed E-state index contributed by atoms with van der Waals surface area (Å²) in [4.78, 5) is 11.9. The van der Waals surface area contributed by atoms with Crippen molar-refractivity contribution in [3.05, 3.63) is 58.1 Å². The zero-order valence-corrected chi connectivity index (χ0v) is 15.3. The van der Waals surface area contributed by atoms with E-state index in [1.807, 2.05) is 0 Å². The molecule has 0 radical (unpaired) electrons. The SMILES string of the molecule is CCN(c1ccc(Cl)c(C(=O)OC)c1)S(=O)(=O)c1ccc(Cl)cc1. The number of carbonyl (C=O) groups excluding carboxylic acids is 1. The second-order valence-electron chi connectivity index (χ2n) is 4.78. The van der Waals surface area contributed by atoms with Crippen LogP contribution in [0.5, 0.6) is 0 Å². The van der Waals surface area contributed by atoms with Gasteiger partial charge in [0.15, 0.2) is 0 Å². The van der Waals surface area contributed by atoms with Crippen LogP contribution in [0.15, 0.2) is 47.4 Å². The average molecular weight is 388 g/mol. The molecule has 0 saturated carbocycles. The molecule has 0 spiro atoms. The minimum atomic E-state index is -3.80. The minimum Gasteiger partial charge on any atom is -0.465 e. The average Bonchev–Trinajstić information content (AvgIpc) is 2.56. The first-order valence-electron chi connectivity index (χ1n) is 6.97. The Bertz CT molecular complexity index is 851. The zero-order valence-electron chi connectivity index (χ0n) is 13.0. The Morgan fingerprint density at radius 3 is 2.29 bits per heavy atom. The second-order valence-corrected chi connectivity index (χ2v) is 7.49. The summed E-state index contributed by atoms with van der Waals surface area (Å²) in [6, 6.07) is 10.3. The van der Waals surface area contributed by atoms with Gasteiger partial charge < -0.3 is 4.74 Å². The minimum absolute atomic E-state index is 0.0985. The largest absolute Gasteiger partial charge is 0.465 e. The molecule has 0 bridgehead atoms. The van der Waals surface area contributed by atoms with Crippen molar-refractivity contribution in [2.75, 3.05) is 18.0 Å². The lowest BCUT2D eigenvalue weighted by atomic mass is 10.2. The van der Waals surface area contributed by atoms with E-state index in [2.05, 4.69) is 4.74 Å². The third kappa shape index (κ3) is 3.66. The van der Waals surface area contributed by atoms with Gasteiger partial charge in [-0.3, -0.25) is 4.31 Å². The molecule has 24 heavy (non-hydrogen) atoms. The number of nitrogens with zero attached hydrogens (tertiary/aromatic N) is 1. The first kappa shape index (κ1) is 18.6. The quantitative estimate of drug-likeness (QED) is 0.727. The van der Waals surface area contributed by atoms with E-state index < -0.39 is 16.0 Å². The van der Waals surface area contributed by atoms with Crippen LogP contribution in [-0.4, -0.2) is 28.0 Å². The molecule has 0 heterocycles. The van der Waals surface area contributed by atoms with Crippen LogP contribution in [0, 0.1) is 0 Å². The third-order valence-electron chi connectivity index (χ3n) is 3.33. The molecule has 2 aromatic carbocycles. The number of methoxy groups -OCH3 is 1. The highest BCUT2D eigenvalue weighted by Crippen LogP contribution is 2.28. The smallest absolute Gasteiger partial charge is 0.339 e. The zero-order chi connectivity index (χ0) is 17.9. The summed E-state index contributed by atoms with van der Waals surface area (Å²) in [5, 5.41) is 0.627. The Labute approximate surface area is 150 Å². The molecular formula is C16H15Cl2NO4S. The molecular weight excluding hydrogens is 373 g/mol. The van der Waals surface area contributed by atoms with E-state index in [4.69, 9.17) is 23.2 Å². The van der Waals surface area contributed by atoms with Crippen molar-refractivity contribution in [3.8, 4) is 0 Å². The van der Waals surface area contributed by atoms with E-state index in [0.717, 1.165) is 0 Å². The van der Waals surface area contributed by atoms with E-state index in [0.29, 0.717) is 10.7 Å². The third-order valence-corrected chi connectivity index (χ3v) is 5.83. The Morgan fingerprint density at radius 1 is 1.12 bits per heavy atom. The van der Waals surface area contributed by atoms with E-state index in [1.165, 1.54) is 53.9 Å². The standard InChI is InChI=1S/C16H15Cl2NO4S/c1-3-19(24(21,22)13-7-4-11(17)5-8-13)12-6-9-15(18)14(10-12)16(20)23-2/h4-10H,3H2,1-2H3. The molecule has 5 nitrogen and oxygen atoms in total. The van der Waals surface area contributed by atoms with Gasteiger partial charge in [-0.1, -0.05) is 23.2 Å². The molecule has 0 aliphatic carbocycles. The molecule has 8 heteroatoms. The van der Waals surface area contributed by atoms with E-state index >= 15 is 0 Å². The molecule has 0 amide bonds. The van der Waals surface area contributed by atoms with Gasteiger partial charge in [0.2, 0.25) is 0 Å². The molecule has 2 rings (SSSR count). The highest BCUT2D eigenvalue weighted by molar-refractivity contribution is 7.92. The number of hydrogen-bond donors (Lipinski definition) is 0. The van der Waals surface area contributed by atoms with Crippen LogP contribution < -0.4 is 4.31 Å². The van der Waals surface area contributed by atoms with Crippen molar-refractivity contribution < 1.29 is 17.9 Å². The number of sulfonamides is 1. The second kappa shape index (κ2) is 7.42. The highest BCUT2D eigenvalue weighted by atomic mass is 35.5. The summed E-state index contributed by atoms with van der Waals surface area (Å²) < 4.78 is 31.5. The van der Waals surface area contributed by atoms with Crippen molar-refractivity contribution in [3.63, 3.8) is 0 Å². The monoisotopic (exact) mass is 387 g/mol. The van der Waals surface area contributed by atoms with Crippen molar-refractivity contribution >= 4 is 44.9 Å². The molecule has 0 N–H and O–H groups in total. The first-order chi connectivity index (χ1) is 11.3. The maximum absolute atomic E-state index is 12.8. The topological polar surface area (TPSA) is 63.7 Å². The van der Waals surface area contributed by atoms with Gasteiger partial charge in [0.05, 0.1) is 28.3 Å². The predicted molar refractivity (Wildman–Crippen MR) is 94.4 cm³/mol. The van der Waals surface area contributed by atoms with Crippen molar-refractivity contribution in [2.24, 2.45) is 0 Å². The Kier molecular flexibility index (Phi) is 5.74. The summed E-state index contributed by atoms with van der Waals surface area (Å²) in [5.74, 6) is -0.637.